The molecule has 2 aromatic rings. The Morgan fingerprint density at radius 1 is 0.878 bits per heavy atom. The summed E-state index contributed by atoms with van der Waals surface area (Å²) in [6.45, 7) is -0.0132. The molecule has 2 aromatic carbocycles. The van der Waals surface area contributed by atoms with Gasteiger partial charge in [-0.05, 0) is 30.8 Å². The van der Waals surface area contributed by atoms with Gasteiger partial charge in [-0.3, -0.25) is 39.9 Å². The summed E-state index contributed by atoms with van der Waals surface area (Å²) in [4.78, 5) is 57.8. The van der Waals surface area contributed by atoms with Crippen molar-refractivity contribution in [2.75, 3.05) is 25.5 Å². The van der Waals surface area contributed by atoms with E-state index in [0.29, 0.717) is 0 Å². The first-order valence-electron chi connectivity index (χ1n) is 11.9. The van der Waals surface area contributed by atoms with Crippen molar-refractivity contribution in [3.63, 3.8) is 0 Å². The standard InChI is InChI=1S/C22H27BN6O12/c1-26(2)19-17(28(38)39)9-13(10-18(19)29(40)41)20(30)24-6-4-3-5-16(22(32)33)25-21(31)12-7-14(23(34)35)11-15(8-12)27(36)37/h7-11,16,22,32-35H,3-6H2,1-2H3,(H,24,30)(H,25,31). The maximum atomic E-state index is 12.6. The predicted octanol–water partition coefficient (Wildman–Crippen LogP) is -0.834. The number of hydrogen-bond acceptors (Lipinski definition) is 13. The van der Waals surface area contributed by atoms with Crippen molar-refractivity contribution >= 4 is 47.1 Å². The van der Waals surface area contributed by atoms with E-state index in [1.165, 1.54) is 19.0 Å². The molecule has 0 saturated carbocycles. The van der Waals surface area contributed by atoms with E-state index in [4.69, 9.17) is 0 Å². The fraction of sp³-hybridized carbons (Fsp3) is 0.364. The highest BCUT2D eigenvalue weighted by atomic mass is 16.6. The number of unbranched alkanes of at least 4 members (excludes halogenated alkanes) is 1. The van der Waals surface area contributed by atoms with E-state index in [0.717, 1.165) is 30.3 Å². The number of carbonyl (C=O) groups is 2. The number of rotatable bonds is 14. The van der Waals surface area contributed by atoms with Gasteiger partial charge in [0.25, 0.3) is 28.9 Å². The second kappa shape index (κ2) is 14.1. The highest BCUT2D eigenvalue weighted by Gasteiger charge is 2.30. The molecule has 18 nitrogen and oxygen atoms in total. The molecule has 0 aliphatic carbocycles. The molecule has 0 radical (unpaired) electrons. The zero-order valence-electron chi connectivity index (χ0n) is 21.8. The molecule has 0 spiro atoms. The third-order valence-corrected chi connectivity index (χ3v) is 5.79. The SMILES string of the molecule is CN(C)c1c([N+](=O)[O-])cc(C(=O)NCCCCC(NC(=O)c2cc(B(O)O)cc([N+](=O)[O-])c2)C(O)O)cc1[N+](=O)[O-]. The van der Waals surface area contributed by atoms with Crippen molar-refractivity contribution in [3.05, 3.63) is 71.8 Å². The van der Waals surface area contributed by atoms with Gasteiger partial charge in [0.15, 0.2) is 12.0 Å². The second-order valence-electron chi connectivity index (χ2n) is 8.96. The maximum absolute atomic E-state index is 12.6. The predicted molar refractivity (Wildman–Crippen MR) is 143 cm³/mol. The molecule has 19 heteroatoms. The Kier molecular flexibility index (Phi) is 11.2. The fourth-order valence-electron chi connectivity index (χ4n) is 3.83. The van der Waals surface area contributed by atoms with E-state index in [-0.39, 0.29) is 48.1 Å². The molecule has 0 fully saturated rings. The Hall–Kier alpha value is -4.72. The molecule has 6 N–H and O–H groups in total. The minimum absolute atomic E-state index is 0.0132. The van der Waals surface area contributed by atoms with Crippen LogP contribution in [0.3, 0.4) is 0 Å². The highest BCUT2D eigenvalue weighted by molar-refractivity contribution is 6.58. The van der Waals surface area contributed by atoms with Crippen LogP contribution in [0.1, 0.15) is 40.0 Å². The van der Waals surface area contributed by atoms with Crippen LogP contribution in [0.4, 0.5) is 22.7 Å². The van der Waals surface area contributed by atoms with Gasteiger partial charge in [0.1, 0.15) is 0 Å². The topological polar surface area (TPSA) is 272 Å². The quantitative estimate of drug-likeness (QED) is 0.0526. The Morgan fingerprint density at radius 2 is 1.44 bits per heavy atom. The summed E-state index contributed by atoms with van der Waals surface area (Å²) in [5.74, 6) is -1.77. The number of aliphatic hydroxyl groups is 2. The number of nitrogens with zero attached hydrogens (tertiary/aromatic N) is 4. The van der Waals surface area contributed by atoms with Gasteiger partial charge in [0, 0.05) is 50.5 Å². The third-order valence-electron chi connectivity index (χ3n) is 5.79. The van der Waals surface area contributed by atoms with Crippen molar-refractivity contribution < 1.29 is 44.6 Å². The van der Waals surface area contributed by atoms with Gasteiger partial charge in [-0.1, -0.05) is 0 Å². The monoisotopic (exact) mass is 578 g/mol. The first-order valence-corrected chi connectivity index (χ1v) is 11.9. The Morgan fingerprint density at radius 3 is 1.90 bits per heavy atom. The number of aliphatic hydroxyl groups excluding tert-OH is 1. The lowest BCUT2D eigenvalue weighted by Gasteiger charge is -2.20. The number of benzene rings is 2. The summed E-state index contributed by atoms with van der Waals surface area (Å²) in [6.07, 6.45) is -1.63. The summed E-state index contributed by atoms with van der Waals surface area (Å²) in [5, 5.41) is 76.7. The Balaban J connectivity index is 2.03. The number of nitro groups is 3. The minimum Gasteiger partial charge on any atom is -0.423 e. The molecule has 41 heavy (non-hydrogen) atoms. The van der Waals surface area contributed by atoms with E-state index in [2.05, 4.69) is 10.6 Å². The van der Waals surface area contributed by atoms with Gasteiger partial charge in [-0.15, -0.1) is 0 Å². The van der Waals surface area contributed by atoms with Crippen LogP contribution in [0.2, 0.25) is 0 Å². The van der Waals surface area contributed by atoms with Gasteiger partial charge in [0.05, 0.1) is 26.4 Å². The molecule has 2 rings (SSSR count). The zero-order chi connectivity index (χ0) is 31.0. The minimum atomic E-state index is -2.10. The van der Waals surface area contributed by atoms with Crippen molar-refractivity contribution in [2.24, 2.45) is 0 Å². The van der Waals surface area contributed by atoms with Gasteiger partial charge >= 0.3 is 7.12 Å². The van der Waals surface area contributed by atoms with Crippen LogP contribution in [0.15, 0.2) is 30.3 Å². The van der Waals surface area contributed by atoms with E-state index in [1.807, 2.05) is 0 Å². The van der Waals surface area contributed by atoms with Crippen LogP contribution in [-0.4, -0.2) is 86.9 Å². The summed E-state index contributed by atoms with van der Waals surface area (Å²) in [6, 6.07) is 3.31. The van der Waals surface area contributed by atoms with Gasteiger partial charge in [-0.2, -0.15) is 0 Å². The summed E-state index contributed by atoms with van der Waals surface area (Å²) in [7, 11) is 0.669. The van der Waals surface area contributed by atoms with Crippen LogP contribution in [0, 0.1) is 30.3 Å². The van der Waals surface area contributed by atoms with Gasteiger partial charge < -0.3 is 35.8 Å². The molecule has 1 atom stereocenters. The third kappa shape index (κ3) is 8.63. The molecule has 0 saturated heterocycles. The highest BCUT2D eigenvalue weighted by Crippen LogP contribution is 2.37. The molecular formula is C22H27BN6O12. The lowest BCUT2D eigenvalue weighted by atomic mass is 9.79. The fourth-order valence-corrected chi connectivity index (χ4v) is 3.83. The van der Waals surface area contributed by atoms with Crippen LogP contribution in [0.5, 0.6) is 0 Å². The van der Waals surface area contributed by atoms with E-state index >= 15 is 0 Å². The summed E-state index contributed by atoms with van der Waals surface area (Å²) in [5.41, 5.74) is -3.10. The van der Waals surface area contributed by atoms with Crippen molar-refractivity contribution in [1.82, 2.24) is 10.6 Å². The number of hydrogen-bond donors (Lipinski definition) is 6. The number of nitro benzene ring substituents is 3. The molecule has 220 valence electrons. The number of non-ortho nitro benzene ring substituents is 1. The maximum Gasteiger partial charge on any atom is 0.488 e. The van der Waals surface area contributed by atoms with Crippen LogP contribution < -0.4 is 21.0 Å². The van der Waals surface area contributed by atoms with Crippen molar-refractivity contribution in [1.29, 1.82) is 0 Å². The molecule has 0 aromatic heterocycles. The van der Waals surface area contributed by atoms with Crippen LogP contribution >= 0.6 is 0 Å². The summed E-state index contributed by atoms with van der Waals surface area (Å²) >= 11 is 0. The lowest BCUT2D eigenvalue weighted by Crippen LogP contribution is -2.43. The van der Waals surface area contributed by atoms with Crippen molar-refractivity contribution in [2.45, 2.75) is 31.6 Å². The van der Waals surface area contributed by atoms with Crippen molar-refractivity contribution in [3.8, 4) is 0 Å². The molecule has 0 aliphatic heterocycles. The van der Waals surface area contributed by atoms with Crippen LogP contribution in [0.25, 0.3) is 0 Å². The number of carbonyl (C=O) groups excluding carboxylic acids is 2. The smallest absolute Gasteiger partial charge is 0.423 e. The average Bonchev–Trinajstić information content (AvgIpc) is 2.90. The summed E-state index contributed by atoms with van der Waals surface area (Å²) < 4.78 is 0. The van der Waals surface area contributed by atoms with Gasteiger partial charge in [0.2, 0.25) is 0 Å². The number of anilines is 1. The first-order chi connectivity index (χ1) is 19.1. The van der Waals surface area contributed by atoms with E-state index in [9.17, 15) is 60.2 Å². The van der Waals surface area contributed by atoms with Gasteiger partial charge in [-0.25, -0.2) is 0 Å². The zero-order valence-corrected chi connectivity index (χ0v) is 21.8. The molecule has 0 bridgehead atoms. The molecular weight excluding hydrogens is 551 g/mol. The Labute approximate surface area is 231 Å². The van der Waals surface area contributed by atoms with E-state index < -0.39 is 63.1 Å². The molecule has 2 amide bonds. The number of nitrogens with one attached hydrogen (secondary N) is 2. The first kappa shape index (κ1) is 32.5. The molecule has 1 unspecified atom stereocenters. The lowest BCUT2D eigenvalue weighted by molar-refractivity contribution is -0.392. The molecule has 0 aliphatic rings. The van der Waals surface area contributed by atoms with E-state index in [1.54, 1.807) is 0 Å². The normalized spacial score (nSPS) is 11.5. The molecule has 0 heterocycles. The number of amides is 2. The average molecular weight is 578 g/mol. The largest absolute Gasteiger partial charge is 0.488 e. The van der Waals surface area contributed by atoms with Crippen LogP contribution in [-0.2, 0) is 0 Å². The Bertz CT molecular complexity index is 1300. The second-order valence-corrected chi connectivity index (χ2v) is 8.96.